The van der Waals surface area contributed by atoms with Crippen molar-refractivity contribution < 1.29 is 33.5 Å². The second-order valence-corrected chi connectivity index (χ2v) is 7.25. The Morgan fingerprint density at radius 3 is 2.50 bits per heavy atom. The number of aliphatic carboxylic acids is 2. The van der Waals surface area contributed by atoms with Gasteiger partial charge in [-0.2, -0.15) is 0 Å². The highest BCUT2D eigenvalue weighted by Gasteiger charge is 2.25. The van der Waals surface area contributed by atoms with Crippen molar-refractivity contribution in [2.75, 3.05) is 26.2 Å². The molecule has 10 heteroatoms. The van der Waals surface area contributed by atoms with Crippen LogP contribution in [0.5, 0.6) is 0 Å². The molecular weight excluding hydrogens is 415 g/mol. The van der Waals surface area contributed by atoms with Gasteiger partial charge in [0, 0.05) is 43.0 Å². The summed E-state index contributed by atoms with van der Waals surface area (Å²) in [5, 5.41) is 21.3. The van der Waals surface area contributed by atoms with Gasteiger partial charge in [-0.15, -0.1) is 0 Å². The molecule has 0 unspecified atom stereocenters. The normalized spacial score (nSPS) is 15.0. The Bertz CT molecular complexity index is 905. The van der Waals surface area contributed by atoms with Gasteiger partial charge in [0.05, 0.1) is 5.69 Å². The van der Waals surface area contributed by atoms with Crippen LogP contribution in [0, 0.1) is 5.82 Å². The topological polar surface area (TPSA) is 113 Å². The minimum Gasteiger partial charge on any atom is -0.486 e. The smallest absolute Gasteiger partial charge is 0.328 e. The molecule has 0 aliphatic carbocycles. The third-order valence-electron chi connectivity index (χ3n) is 4.52. The Morgan fingerprint density at radius 1 is 1.30 bits per heavy atom. The van der Waals surface area contributed by atoms with E-state index < -0.39 is 11.9 Å². The summed E-state index contributed by atoms with van der Waals surface area (Å²) in [6, 6.07) is 4.62. The van der Waals surface area contributed by atoms with Gasteiger partial charge in [0.25, 0.3) is 0 Å². The molecule has 1 aromatic carbocycles. The summed E-state index contributed by atoms with van der Waals surface area (Å²) in [6.45, 7) is 5.33. The number of fused-ring (bicyclic) bond motifs is 1. The van der Waals surface area contributed by atoms with Gasteiger partial charge >= 0.3 is 11.9 Å². The molecule has 0 bridgehead atoms. The van der Waals surface area contributed by atoms with E-state index in [1.165, 1.54) is 12.1 Å². The molecule has 0 spiro atoms. The lowest BCUT2D eigenvalue weighted by Crippen LogP contribution is -2.35. The molecule has 0 saturated carbocycles. The number of nitrogens with zero attached hydrogens (tertiary/aromatic N) is 2. The average Bonchev–Trinajstić information content (AvgIpc) is 3.10. The molecule has 0 amide bonds. The molecule has 8 nitrogen and oxygen atoms in total. The predicted molar refractivity (Wildman–Crippen MR) is 111 cm³/mol. The van der Waals surface area contributed by atoms with Crippen molar-refractivity contribution in [3.63, 3.8) is 0 Å². The number of thiocarbonyl (C=S) groups is 1. The molecule has 2 N–H and O–H groups in total. The van der Waals surface area contributed by atoms with Crippen LogP contribution in [0.25, 0.3) is 11.0 Å². The van der Waals surface area contributed by atoms with Crippen LogP contribution in [0.4, 0.5) is 4.39 Å². The number of piperidine rings is 1. The number of carbonyl (C=O) groups is 2. The molecule has 30 heavy (non-hydrogen) atoms. The first-order valence-electron chi connectivity index (χ1n) is 9.30. The van der Waals surface area contributed by atoms with E-state index in [1.807, 2.05) is 0 Å². The number of benzene rings is 1. The molecule has 0 atom stereocenters. The third-order valence-corrected chi connectivity index (χ3v) is 4.64. The minimum absolute atomic E-state index is 0.293. The zero-order valence-electron chi connectivity index (χ0n) is 16.4. The molecule has 1 aliphatic heterocycles. The number of hydrogen-bond acceptors (Lipinski definition) is 7. The summed E-state index contributed by atoms with van der Waals surface area (Å²) in [4.78, 5) is 21.5. The quantitative estimate of drug-likeness (QED) is 0.518. The monoisotopic (exact) mass is 438 g/mol. The Hall–Kier alpha value is -2.85. The van der Waals surface area contributed by atoms with Crippen molar-refractivity contribution in [3.05, 3.63) is 41.9 Å². The number of aromatic nitrogens is 1. The number of ether oxygens (including phenoxy) is 1. The van der Waals surface area contributed by atoms with E-state index in [4.69, 9.17) is 31.7 Å². The lowest BCUT2D eigenvalue weighted by atomic mass is 9.91. The molecule has 2 aromatic rings. The lowest BCUT2D eigenvalue weighted by Gasteiger charge is -2.30. The Labute approximate surface area is 177 Å². The van der Waals surface area contributed by atoms with Crippen LogP contribution in [0.1, 0.15) is 31.4 Å². The van der Waals surface area contributed by atoms with Gasteiger partial charge in [0.2, 0.25) is 0 Å². The summed E-state index contributed by atoms with van der Waals surface area (Å²) in [5.41, 5.74) is 1.49. The lowest BCUT2D eigenvalue weighted by molar-refractivity contribution is -0.134. The van der Waals surface area contributed by atoms with Crippen molar-refractivity contribution in [1.29, 1.82) is 0 Å². The van der Waals surface area contributed by atoms with E-state index in [-0.39, 0.29) is 5.82 Å². The van der Waals surface area contributed by atoms with E-state index >= 15 is 0 Å². The SMILES string of the molecule is CC(=S)OCCN1CCC(c2noc3cc(F)ccc23)CC1.O=C(O)/C=C/C(=O)O. The summed E-state index contributed by atoms with van der Waals surface area (Å²) in [7, 11) is 0. The highest BCUT2D eigenvalue weighted by atomic mass is 32.1. The second kappa shape index (κ2) is 11.4. The maximum absolute atomic E-state index is 13.2. The van der Waals surface area contributed by atoms with Gasteiger partial charge in [-0.05, 0) is 50.3 Å². The second-order valence-electron chi connectivity index (χ2n) is 6.67. The van der Waals surface area contributed by atoms with E-state index in [0.717, 1.165) is 43.6 Å². The van der Waals surface area contributed by atoms with Crippen LogP contribution in [0.15, 0.2) is 34.9 Å². The predicted octanol–water partition coefficient (Wildman–Crippen LogP) is 3.22. The number of carboxylic acid groups (broad SMARTS) is 2. The fourth-order valence-corrected chi connectivity index (χ4v) is 3.20. The molecule has 0 radical (unpaired) electrons. The van der Waals surface area contributed by atoms with Crippen LogP contribution in [-0.4, -0.2) is 63.5 Å². The highest BCUT2D eigenvalue weighted by molar-refractivity contribution is 7.80. The average molecular weight is 438 g/mol. The molecule has 1 fully saturated rings. The molecule has 3 rings (SSSR count). The number of hydrogen-bond donors (Lipinski definition) is 2. The number of rotatable bonds is 6. The van der Waals surface area contributed by atoms with Gasteiger partial charge in [-0.1, -0.05) is 5.16 Å². The summed E-state index contributed by atoms with van der Waals surface area (Å²) >= 11 is 4.90. The molecule has 1 aromatic heterocycles. The highest BCUT2D eigenvalue weighted by Crippen LogP contribution is 2.32. The van der Waals surface area contributed by atoms with Gasteiger partial charge in [-0.25, -0.2) is 14.0 Å². The first-order valence-corrected chi connectivity index (χ1v) is 9.71. The van der Waals surface area contributed by atoms with Crippen molar-refractivity contribution in [1.82, 2.24) is 10.1 Å². The van der Waals surface area contributed by atoms with E-state index in [0.29, 0.717) is 35.3 Å². The summed E-state index contributed by atoms with van der Waals surface area (Å²) in [5.74, 6) is -2.44. The van der Waals surface area contributed by atoms with Crippen molar-refractivity contribution in [3.8, 4) is 0 Å². The van der Waals surface area contributed by atoms with Crippen molar-refractivity contribution in [2.45, 2.75) is 25.7 Å². The zero-order chi connectivity index (χ0) is 22.1. The Balaban J connectivity index is 0.000000343. The van der Waals surface area contributed by atoms with E-state index in [9.17, 15) is 14.0 Å². The van der Waals surface area contributed by atoms with Gasteiger partial charge < -0.3 is 19.5 Å². The molecule has 2 heterocycles. The fraction of sp³-hybridized carbons (Fsp3) is 0.400. The van der Waals surface area contributed by atoms with E-state index in [2.05, 4.69) is 10.1 Å². The minimum atomic E-state index is -1.26. The largest absolute Gasteiger partial charge is 0.486 e. The maximum Gasteiger partial charge on any atom is 0.328 e. The number of halogens is 1. The van der Waals surface area contributed by atoms with Crippen molar-refractivity contribution in [2.24, 2.45) is 0 Å². The van der Waals surface area contributed by atoms with E-state index in [1.54, 1.807) is 13.0 Å². The first kappa shape index (κ1) is 23.4. The zero-order valence-corrected chi connectivity index (χ0v) is 17.2. The first-order chi connectivity index (χ1) is 14.3. The van der Waals surface area contributed by atoms with Crippen molar-refractivity contribution >= 4 is 40.2 Å². The standard InChI is InChI=1S/C16H19FN2O2S.C4H4O4/c1-11(22)20-9-8-19-6-4-12(5-7-19)16-14-3-2-13(17)10-15(14)21-18-16;5-3(6)1-2-4(7)8/h2-3,10,12H,4-9H2,1H3;1-2H,(H,5,6)(H,7,8)/b;2-1+. The van der Waals surface area contributed by atoms with Crippen LogP contribution >= 0.6 is 12.2 Å². The van der Waals surface area contributed by atoms with Crippen LogP contribution in [0.2, 0.25) is 0 Å². The number of carboxylic acids is 2. The Kier molecular flexibility index (Phi) is 8.88. The van der Waals surface area contributed by atoms with Gasteiger partial charge in [0.1, 0.15) is 12.4 Å². The fourth-order valence-electron chi connectivity index (χ4n) is 3.12. The summed E-state index contributed by atoms with van der Waals surface area (Å²) < 4.78 is 23.8. The molecular formula is C20H23FN2O6S. The molecule has 1 saturated heterocycles. The van der Waals surface area contributed by atoms with Gasteiger partial charge in [-0.3, -0.25) is 4.90 Å². The maximum atomic E-state index is 13.2. The third kappa shape index (κ3) is 7.53. The molecule has 1 aliphatic rings. The Morgan fingerprint density at radius 2 is 1.93 bits per heavy atom. The summed E-state index contributed by atoms with van der Waals surface area (Å²) in [6.07, 6.45) is 3.16. The van der Waals surface area contributed by atoms with Crippen LogP contribution in [-0.2, 0) is 14.3 Å². The number of likely N-dealkylation sites (tertiary alicyclic amines) is 1. The van der Waals surface area contributed by atoms with Crippen LogP contribution < -0.4 is 0 Å². The van der Waals surface area contributed by atoms with Gasteiger partial charge in [0.15, 0.2) is 10.6 Å². The van der Waals surface area contributed by atoms with Crippen LogP contribution in [0.3, 0.4) is 0 Å². The molecule has 162 valence electrons.